The van der Waals surface area contributed by atoms with Crippen molar-refractivity contribution in [1.29, 1.82) is 0 Å². The maximum absolute atomic E-state index is 6.48. The maximum atomic E-state index is 6.48. The molecule has 2 rings (SSSR count). The van der Waals surface area contributed by atoms with Gasteiger partial charge in [-0.2, -0.15) is 0 Å². The molecule has 0 spiro atoms. The average molecular weight is 435 g/mol. The van der Waals surface area contributed by atoms with Gasteiger partial charge in [-0.1, -0.05) is 85.1 Å². The molecule has 0 fully saturated rings. The van der Waals surface area contributed by atoms with E-state index in [0.717, 1.165) is 50.5 Å². The summed E-state index contributed by atoms with van der Waals surface area (Å²) in [4.78, 5) is 4.57. The Morgan fingerprint density at radius 1 is 0.645 bits per heavy atom. The molecule has 0 amide bonds. The van der Waals surface area contributed by atoms with Crippen molar-refractivity contribution in [2.45, 2.75) is 105 Å². The van der Waals surface area contributed by atoms with E-state index in [0.29, 0.717) is 0 Å². The van der Waals surface area contributed by atoms with Gasteiger partial charge >= 0.3 is 0 Å². The average Bonchev–Trinajstić information content (AvgIpc) is 2.77. The Hall–Kier alpha value is -1.30. The zero-order valence-corrected chi connectivity index (χ0v) is 20.5. The molecular weight excluding hydrogens is 388 g/mol. The minimum Gasteiger partial charge on any atom is -0.451 e. The first-order valence-corrected chi connectivity index (χ1v) is 12.8. The number of benzene rings is 1. The molecule has 2 atom stereocenters. The van der Waals surface area contributed by atoms with Gasteiger partial charge < -0.3 is 9.47 Å². The number of hydrogen-bond acceptors (Lipinski definition) is 5. The lowest BCUT2D eigenvalue weighted by molar-refractivity contribution is -0.288. The van der Waals surface area contributed by atoms with E-state index in [1.165, 1.54) is 51.4 Å². The van der Waals surface area contributed by atoms with Gasteiger partial charge in [-0.25, -0.2) is 9.80 Å². The largest absolute Gasteiger partial charge is 0.451 e. The van der Waals surface area contributed by atoms with Crippen molar-refractivity contribution in [2.75, 3.05) is 26.2 Å². The van der Waals surface area contributed by atoms with Crippen LogP contribution in [0.15, 0.2) is 24.3 Å². The first kappa shape index (κ1) is 26.0. The summed E-state index contributed by atoms with van der Waals surface area (Å²) >= 11 is 0. The van der Waals surface area contributed by atoms with Gasteiger partial charge in [0.25, 0.3) is 12.8 Å². The van der Waals surface area contributed by atoms with Crippen LogP contribution in [0.3, 0.4) is 0 Å². The van der Waals surface area contributed by atoms with Crippen molar-refractivity contribution in [2.24, 2.45) is 0 Å². The van der Waals surface area contributed by atoms with Gasteiger partial charge in [0.05, 0.1) is 0 Å². The molecule has 5 nitrogen and oxygen atoms in total. The number of nitrogens with zero attached hydrogens (tertiary/aromatic N) is 2. The third kappa shape index (κ3) is 9.38. The predicted molar refractivity (Wildman–Crippen MR) is 128 cm³/mol. The second-order valence-corrected chi connectivity index (χ2v) is 8.55. The molecule has 1 aromatic carbocycles. The van der Waals surface area contributed by atoms with Crippen LogP contribution in [-0.4, -0.2) is 48.8 Å². The maximum Gasteiger partial charge on any atom is 0.266 e. The Labute approximate surface area is 191 Å². The molecule has 0 N–H and O–H groups in total. The summed E-state index contributed by atoms with van der Waals surface area (Å²) in [6.07, 6.45) is 11.7. The first-order valence-electron chi connectivity index (χ1n) is 12.8. The molecule has 178 valence electrons. The van der Waals surface area contributed by atoms with Crippen LogP contribution in [0.25, 0.3) is 0 Å². The molecule has 1 aromatic rings. The molecule has 0 saturated heterocycles. The van der Waals surface area contributed by atoms with Crippen LogP contribution in [0.2, 0.25) is 0 Å². The van der Waals surface area contributed by atoms with Crippen LogP contribution in [0.5, 0.6) is 11.5 Å². The summed E-state index contributed by atoms with van der Waals surface area (Å²) in [6.45, 7) is 12.6. The smallest absolute Gasteiger partial charge is 0.266 e. The summed E-state index contributed by atoms with van der Waals surface area (Å²) in [7, 11) is 0. The zero-order chi connectivity index (χ0) is 22.3. The standard InChI is InChI=1S/C26H46N2O3/c1-5-9-11-13-15-20-27(7-3)25-29-23-18-17-19-24(22-23)30-26(31-25)28(8-4)21-16-14-12-10-6-2/h17-19,22,25-26H,5-16,20-21H2,1-4H3. The summed E-state index contributed by atoms with van der Waals surface area (Å²) in [6, 6.07) is 7.92. The minimum atomic E-state index is -0.439. The fraction of sp³-hybridized carbons (Fsp3) is 0.769. The minimum absolute atomic E-state index is 0.439. The van der Waals surface area contributed by atoms with E-state index in [2.05, 4.69) is 37.5 Å². The van der Waals surface area contributed by atoms with Gasteiger partial charge in [0, 0.05) is 32.2 Å². The predicted octanol–water partition coefficient (Wildman–Crippen LogP) is 6.63. The summed E-state index contributed by atoms with van der Waals surface area (Å²) in [5.74, 6) is 1.60. The molecule has 0 saturated carbocycles. The van der Waals surface area contributed by atoms with Gasteiger partial charge in [0.15, 0.2) is 0 Å². The second-order valence-electron chi connectivity index (χ2n) is 8.55. The second kappa shape index (κ2) is 15.5. The lowest BCUT2D eigenvalue weighted by Crippen LogP contribution is -2.51. The SMILES string of the molecule is CCCCCCCN(CC)C1Oc2cccc(c2)OC(N(CC)CCCCCCC)O1. The number of rotatable bonds is 16. The van der Waals surface area contributed by atoms with Crippen LogP contribution >= 0.6 is 0 Å². The molecule has 0 radical (unpaired) electrons. The normalized spacial score (nSPS) is 18.5. The Bertz CT molecular complexity index is 538. The highest BCUT2D eigenvalue weighted by Crippen LogP contribution is 2.27. The van der Waals surface area contributed by atoms with Gasteiger partial charge in [-0.15, -0.1) is 0 Å². The third-order valence-corrected chi connectivity index (χ3v) is 6.02. The van der Waals surface area contributed by atoms with Crippen LogP contribution in [-0.2, 0) is 4.74 Å². The molecule has 2 bridgehead atoms. The summed E-state index contributed by atoms with van der Waals surface area (Å²) in [5.41, 5.74) is 0. The van der Waals surface area contributed by atoms with E-state index in [1.807, 2.05) is 24.3 Å². The van der Waals surface area contributed by atoms with E-state index in [1.54, 1.807) is 0 Å². The number of unbranched alkanes of at least 4 members (excludes halogenated alkanes) is 8. The molecule has 1 aliphatic heterocycles. The van der Waals surface area contributed by atoms with Crippen LogP contribution in [0, 0.1) is 0 Å². The van der Waals surface area contributed by atoms with E-state index >= 15 is 0 Å². The quantitative estimate of drug-likeness (QED) is 0.273. The summed E-state index contributed by atoms with van der Waals surface area (Å²) in [5, 5.41) is 0. The summed E-state index contributed by atoms with van der Waals surface area (Å²) < 4.78 is 19.1. The van der Waals surface area contributed by atoms with Crippen LogP contribution in [0.4, 0.5) is 0 Å². The highest BCUT2D eigenvalue weighted by Gasteiger charge is 2.30. The van der Waals surface area contributed by atoms with Gasteiger partial charge in [-0.3, -0.25) is 4.74 Å². The fourth-order valence-electron chi connectivity index (χ4n) is 3.99. The van der Waals surface area contributed by atoms with E-state index in [9.17, 15) is 0 Å². The topological polar surface area (TPSA) is 34.2 Å². The fourth-order valence-corrected chi connectivity index (χ4v) is 3.99. The van der Waals surface area contributed by atoms with Crippen molar-refractivity contribution in [3.8, 4) is 11.5 Å². The highest BCUT2D eigenvalue weighted by molar-refractivity contribution is 5.33. The molecule has 1 aliphatic rings. The van der Waals surface area contributed by atoms with Crippen LogP contribution in [0.1, 0.15) is 91.9 Å². The van der Waals surface area contributed by atoms with Crippen molar-refractivity contribution in [3.63, 3.8) is 0 Å². The van der Waals surface area contributed by atoms with Crippen molar-refractivity contribution in [1.82, 2.24) is 9.80 Å². The molecule has 0 aromatic heterocycles. The van der Waals surface area contributed by atoms with E-state index in [4.69, 9.17) is 14.2 Å². The Kier molecular flexibility index (Phi) is 13.0. The van der Waals surface area contributed by atoms with Gasteiger partial charge in [0.2, 0.25) is 0 Å². The Balaban J connectivity index is 2.03. The third-order valence-electron chi connectivity index (χ3n) is 6.02. The lowest BCUT2D eigenvalue weighted by atomic mass is 10.1. The van der Waals surface area contributed by atoms with Crippen LogP contribution < -0.4 is 9.47 Å². The number of fused-ring (bicyclic) bond motifs is 2. The molecule has 0 aliphatic carbocycles. The van der Waals surface area contributed by atoms with Crippen molar-refractivity contribution in [3.05, 3.63) is 24.3 Å². The van der Waals surface area contributed by atoms with Gasteiger partial charge in [0.1, 0.15) is 11.5 Å². The molecule has 31 heavy (non-hydrogen) atoms. The van der Waals surface area contributed by atoms with E-state index in [-0.39, 0.29) is 0 Å². The van der Waals surface area contributed by atoms with Crippen molar-refractivity contribution < 1.29 is 14.2 Å². The molecule has 5 heteroatoms. The van der Waals surface area contributed by atoms with E-state index < -0.39 is 12.8 Å². The lowest BCUT2D eigenvalue weighted by Gasteiger charge is -2.38. The zero-order valence-electron chi connectivity index (χ0n) is 20.5. The Morgan fingerprint density at radius 2 is 1.10 bits per heavy atom. The monoisotopic (exact) mass is 434 g/mol. The van der Waals surface area contributed by atoms with Gasteiger partial charge in [-0.05, 0) is 25.0 Å². The first-order chi connectivity index (χ1) is 15.2. The molecule has 2 unspecified atom stereocenters. The number of hydrogen-bond donors (Lipinski definition) is 0. The Morgan fingerprint density at radius 3 is 1.52 bits per heavy atom. The van der Waals surface area contributed by atoms with Crippen molar-refractivity contribution >= 4 is 0 Å². The molecular formula is C26H46N2O3. The molecule has 1 heterocycles. The number of ether oxygens (including phenoxy) is 3. The highest BCUT2D eigenvalue weighted by atomic mass is 16.8.